The van der Waals surface area contributed by atoms with E-state index in [1.54, 1.807) is 12.1 Å². The van der Waals surface area contributed by atoms with E-state index in [1.165, 1.54) is 0 Å². The lowest BCUT2D eigenvalue weighted by atomic mass is 9.83. The molecule has 0 unspecified atom stereocenters. The molecule has 0 heterocycles. The first-order valence-electron chi connectivity index (χ1n) is 6.37. The molecule has 0 spiro atoms. The molecule has 3 nitrogen and oxygen atoms in total. The minimum absolute atomic E-state index is 0.251. The Bertz CT molecular complexity index is 442. The monoisotopic (exact) mass is 250 g/mol. The number of phenolic OH excluding ortho intramolecular Hbond substituents is 1. The van der Waals surface area contributed by atoms with E-state index in [-0.39, 0.29) is 16.7 Å². The zero-order valence-electron chi connectivity index (χ0n) is 11.6. The summed E-state index contributed by atoms with van der Waals surface area (Å²) in [6, 6.07) is 3.16. The molecule has 0 amide bonds. The van der Waals surface area contributed by atoms with Crippen LogP contribution < -0.4 is 0 Å². The molecule has 0 aliphatic rings. The molecule has 2 N–H and O–H groups in total. The maximum atomic E-state index is 11.1. The summed E-state index contributed by atoms with van der Waals surface area (Å²) < 4.78 is 0. The third kappa shape index (κ3) is 3.25. The number of aromatic hydroxyl groups is 1. The Balaban J connectivity index is 3.33. The summed E-state index contributed by atoms with van der Waals surface area (Å²) in [7, 11) is 0. The Morgan fingerprint density at radius 1 is 1.28 bits per heavy atom. The van der Waals surface area contributed by atoms with Crippen LogP contribution in [-0.2, 0) is 11.8 Å². The Labute approximate surface area is 108 Å². The van der Waals surface area contributed by atoms with Gasteiger partial charge in [-0.15, -0.1) is 0 Å². The fourth-order valence-corrected chi connectivity index (χ4v) is 1.95. The van der Waals surface area contributed by atoms with E-state index in [9.17, 15) is 9.90 Å². The maximum absolute atomic E-state index is 11.1. The maximum Gasteiger partial charge on any atom is 0.335 e. The van der Waals surface area contributed by atoms with Crippen molar-refractivity contribution >= 4 is 5.97 Å². The summed E-state index contributed by atoms with van der Waals surface area (Å²) in [5, 5.41) is 19.4. The van der Waals surface area contributed by atoms with Crippen molar-refractivity contribution in [3.8, 4) is 5.75 Å². The minimum Gasteiger partial charge on any atom is -0.507 e. The molecule has 3 heteroatoms. The second-order valence-corrected chi connectivity index (χ2v) is 5.69. The van der Waals surface area contributed by atoms with E-state index in [1.807, 2.05) is 20.8 Å². The lowest BCUT2D eigenvalue weighted by molar-refractivity contribution is 0.0696. The number of benzene rings is 1. The molecule has 1 aromatic rings. The third-order valence-electron chi connectivity index (χ3n) is 3.04. The first-order valence-corrected chi connectivity index (χ1v) is 6.37. The summed E-state index contributed by atoms with van der Waals surface area (Å²) in [4.78, 5) is 11.1. The van der Waals surface area contributed by atoms with Crippen LogP contribution in [0.4, 0.5) is 0 Å². The van der Waals surface area contributed by atoms with Gasteiger partial charge in [0, 0.05) is 5.56 Å². The number of carbonyl (C=O) groups is 1. The van der Waals surface area contributed by atoms with Crippen molar-refractivity contribution in [2.45, 2.75) is 52.4 Å². The van der Waals surface area contributed by atoms with Crippen LogP contribution in [-0.4, -0.2) is 16.2 Å². The highest BCUT2D eigenvalue weighted by molar-refractivity contribution is 5.88. The zero-order chi connectivity index (χ0) is 13.9. The predicted octanol–water partition coefficient (Wildman–Crippen LogP) is 3.73. The van der Waals surface area contributed by atoms with Crippen molar-refractivity contribution in [3.63, 3.8) is 0 Å². The standard InChI is InChI=1S/C15H22O3/c1-5-6-7-10-8-11(14(17)18)9-12(13(10)16)15(2,3)4/h8-9,16H,5-7H2,1-4H3,(H,17,18). The average molecular weight is 250 g/mol. The van der Waals surface area contributed by atoms with Crippen molar-refractivity contribution in [3.05, 3.63) is 28.8 Å². The Kier molecular flexibility index (Phi) is 4.38. The second kappa shape index (κ2) is 5.42. The number of rotatable bonds is 4. The Hall–Kier alpha value is -1.51. The SMILES string of the molecule is CCCCc1cc(C(=O)O)cc(C(C)(C)C)c1O. The molecule has 100 valence electrons. The quantitative estimate of drug-likeness (QED) is 0.856. The largest absolute Gasteiger partial charge is 0.507 e. The summed E-state index contributed by atoms with van der Waals surface area (Å²) in [6.07, 6.45) is 2.67. The topological polar surface area (TPSA) is 57.5 Å². The molecule has 0 saturated carbocycles. The van der Waals surface area contributed by atoms with Gasteiger partial charge in [0.15, 0.2) is 0 Å². The van der Waals surface area contributed by atoms with Gasteiger partial charge in [0.25, 0.3) is 0 Å². The molecule has 0 atom stereocenters. The third-order valence-corrected chi connectivity index (χ3v) is 3.04. The second-order valence-electron chi connectivity index (χ2n) is 5.69. The van der Waals surface area contributed by atoms with E-state index in [0.717, 1.165) is 18.4 Å². The Morgan fingerprint density at radius 3 is 2.33 bits per heavy atom. The van der Waals surface area contributed by atoms with Gasteiger partial charge in [0.1, 0.15) is 5.75 Å². The van der Waals surface area contributed by atoms with Gasteiger partial charge in [0.05, 0.1) is 5.56 Å². The van der Waals surface area contributed by atoms with Gasteiger partial charge in [-0.1, -0.05) is 34.1 Å². The molecular weight excluding hydrogens is 228 g/mol. The molecule has 0 radical (unpaired) electrons. The number of hydrogen-bond acceptors (Lipinski definition) is 2. The first kappa shape index (κ1) is 14.6. The van der Waals surface area contributed by atoms with Gasteiger partial charge in [-0.2, -0.15) is 0 Å². The van der Waals surface area contributed by atoms with Crippen molar-refractivity contribution in [1.82, 2.24) is 0 Å². The Morgan fingerprint density at radius 2 is 1.89 bits per heavy atom. The van der Waals surface area contributed by atoms with Crippen LogP contribution in [0.1, 0.15) is 62.0 Å². The summed E-state index contributed by atoms with van der Waals surface area (Å²) >= 11 is 0. The highest BCUT2D eigenvalue weighted by Gasteiger charge is 2.22. The zero-order valence-corrected chi connectivity index (χ0v) is 11.6. The fraction of sp³-hybridized carbons (Fsp3) is 0.533. The molecule has 18 heavy (non-hydrogen) atoms. The molecule has 1 rings (SSSR count). The lowest BCUT2D eigenvalue weighted by Crippen LogP contribution is -2.14. The number of aryl methyl sites for hydroxylation is 1. The summed E-state index contributed by atoms with van der Waals surface area (Å²) in [5.74, 6) is -0.695. The van der Waals surface area contributed by atoms with E-state index in [2.05, 4.69) is 6.92 Å². The van der Waals surface area contributed by atoms with Gasteiger partial charge in [-0.25, -0.2) is 4.79 Å². The highest BCUT2D eigenvalue weighted by atomic mass is 16.4. The van der Waals surface area contributed by atoms with E-state index < -0.39 is 5.97 Å². The van der Waals surface area contributed by atoms with Crippen LogP contribution in [0.3, 0.4) is 0 Å². The van der Waals surface area contributed by atoms with Crippen LogP contribution in [0, 0.1) is 0 Å². The summed E-state index contributed by atoms with van der Waals surface area (Å²) in [6.45, 7) is 7.98. The first-order chi connectivity index (χ1) is 8.27. The normalized spacial score (nSPS) is 11.6. The highest BCUT2D eigenvalue weighted by Crippen LogP contribution is 2.35. The van der Waals surface area contributed by atoms with Crippen molar-refractivity contribution in [2.24, 2.45) is 0 Å². The van der Waals surface area contributed by atoms with Crippen LogP contribution in [0.15, 0.2) is 12.1 Å². The number of carboxylic acids is 1. The van der Waals surface area contributed by atoms with Gasteiger partial charge in [-0.05, 0) is 36.0 Å². The van der Waals surface area contributed by atoms with E-state index in [4.69, 9.17) is 5.11 Å². The summed E-state index contributed by atoms with van der Waals surface area (Å²) in [5.41, 5.74) is 1.43. The van der Waals surface area contributed by atoms with E-state index in [0.29, 0.717) is 12.0 Å². The molecule has 1 aromatic carbocycles. The molecule has 0 fully saturated rings. The molecular formula is C15H22O3. The van der Waals surface area contributed by atoms with Gasteiger partial charge in [-0.3, -0.25) is 0 Å². The smallest absolute Gasteiger partial charge is 0.335 e. The average Bonchev–Trinajstić information content (AvgIpc) is 2.25. The number of unbranched alkanes of at least 4 members (excludes halogenated alkanes) is 1. The van der Waals surface area contributed by atoms with Crippen LogP contribution in [0.25, 0.3) is 0 Å². The van der Waals surface area contributed by atoms with Crippen molar-refractivity contribution in [2.75, 3.05) is 0 Å². The van der Waals surface area contributed by atoms with Crippen LogP contribution >= 0.6 is 0 Å². The molecule has 0 aliphatic heterocycles. The number of hydrogen-bond donors (Lipinski definition) is 2. The molecule has 0 aromatic heterocycles. The number of aromatic carboxylic acids is 1. The van der Waals surface area contributed by atoms with E-state index >= 15 is 0 Å². The molecule has 0 bridgehead atoms. The lowest BCUT2D eigenvalue weighted by Gasteiger charge is -2.22. The van der Waals surface area contributed by atoms with Gasteiger partial charge < -0.3 is 10.2 Å². The van der Waals surface area contributed by atoms with Crippen molar-refractivity contribution < 1.29 is 15.0 Å². The number of phenols is 1. The van der Waals surface area contributed by atoms with Crippen LogP contribution in [0.5, 0.6) is 5.75 Å². The van der Waals surface area contributed by atoms with Crippen molar-refractivity contribution in [1.29, 1.82) is 0 Å². The molecule has 0 aliphatic carbocycles. The molecule has 0 saturated heterocycles. The minimum atomic E-state index is -0.946. The predicted molar refractivity (Wildman–Crippen MR) is 72.4 cm³/mol. The fourth-order valence-electron chi connectivity index (χ4n) is 1.95. The van der Waals surface area contributed by atoms with Crippen LogP contribution in [0.2, 0.25) is 0 Å². The van der Waals surface area contributed by atoms with Gasteiger partial charge >= 0.3 is 5.97 Å². The van der Waals surface area contributed by atoms with Gasteiger partial charge in [0.2, 0.25) is 0 Å². The number of carboxylic acid groups (broad SMARTS) is 1.